The lowest BCUT2D eigenvalue weighted by Crippen LogP contribution is -2.40. The normalized spacial score (nSPS) is 15.7. The Morgan fingerprint density at radius 1 is 1.21 bits per heavy atom. The van der Waals surface area contributed by atoms with Crippen LogP contribution in [0.1, 0.15) is 36.7 Å². The average Bonchev–Trinajstić information content (AvgIpc) is 3.30. The lowest BCUT2D eigenvalue weighted by atomic mass is 9.95. The molecule has 3 heterocycles. The number of thiazole rings is 1. The Morgan fingerprint density at radius 3 is 2.56 bits per heavy atom. The number of allylic oxidation sites excluding steroid dienone is 1. The molecule has 0 spiro atoms. The van der Waals surface area contributed by atoms with Crippen molar-refractivity contribution >= 4 is 23.4 Å². The summed E-state index contributed by atoms with van der Waals surface area (Å²) >= 11 is 1.27. The van der Waals surface area contributed by atoms with Crippen molar-refractivity contribution in [3.63, 3.8) is 0 Å². The predicted octanol–water partition coefficient (Wildman–Crippen LogP) is 1.86. The van der Waals surface area contributed by atoms with Crippen molar-refractivity contribution in [3.8, 4) is 11.5 Å². The van der Waals surface area contributed by atoms with Crippen LogP contribution in [0.2, 0.25) is 0 Å². The Balaban J connectivity index is 1.98. The SMILES string of the molecule is CCOC(=O)C1=C(C)N=c2s/c(=C/c3cnn(C)c3C)c(=O)n2[C@H]1c1ccc(OC)c(OC)c1. The molecule has 0 amide bonds. The number of carbonyl (C=O) groups excluding carboxylic acids is 1. The van der Waals surface area contributed by atoms with Crippen LogP contribution >= 0.6 is 11.3 Å². The Hall–Kier alpha value is -3.66. The van der Waals surface area contributed by atoms with Crippen molar-refractivity contribution in [2.45, 2.75) is 26.8 Å². The number of hydrogen-bond acceptors (Lipinski definition) is 8. The van der Waals surface area contributed by atoms with Gasteiger partial charge in [0.15, 0.2) is 16.3 Å². The zero-order chi connectivity index (χ0) is 24.6. The molecule has 0 unspecified atom stereocenters. The Morgan fingerprint density at radius 2 is 1.94 bits per heavy atom. The monoisotopic (exact) mass is 482 g/mol. The van der Waals surface area contributed by atoms with Gasteiger partial charge >= 0.3 is 5.97 Å². The summed E-state index contributed by atoms with van der Waals surface area (Å²) in [4.78, 5) is 31.8. The van der Waals surface area contributed by atoms with E-state index in [0.29, 0.717) is 37.7 Å². The third-order valence-corrected chi connectivity index (χ3v) is 6.78. The highest BCUT2D eigenvalue weighted by molar-refractivity contribution is 7.07. The van der Waals surface area contributed by atoms with Crippen LogP contribution in [0.5, 0.6) is 11.5 Å². The van der Waals surface area contributed by atoms with Gasteiger partial charge in [-0.25, -0.2) is 9.79 Å². The standard InChI is InChI=1S/C24H26N4O5S/c1-7-33-23(30)20-13(2)26-24-28(21(20)15-8-9-17(31-5)18(10-15)32-6)22(29)19(34-24)11-16-12-25-27(4)14(16)3/h8-12,21H,7H2,1-6H3/b19-11+/t21-/m0/s1. The van der Waals surface area contributed by atoms with Gasteiger partial charge in [0, 0.05) is 18.3 Å². The van der Waals surface area contributed by atoms with Crippen LogP contribution in [-0.4, -0.2) is 41.1 Å². The summed E-state index contributed by atoms with van der Waals surface area (Å²) in [6.45, 7) is 5.64. The minimum absolute atomic E-state index is 0.207. The number of ether oxygens (including phenoxy) is 3. The van der Waals surface area contributed by atoms with E-state index in [2.05, 4.69) is 10.1 Å². The van der Waals surface area contributed by atoms with Crippen LogP contribution in [-0.2, 0) is 16.6 Å². The molecule has 0 N–H and O–H groups in total. The maximum absolute atomic E-state index is 13.7. The number of nitrogens with zero attached hydrogens (tertiary/aromatic N) is 4. The van der Waals surface area contributed by atoms with Crippen molar-refractivity contribution in [2.75, 3.05) is 20.8 Å². The summed E-state index contributed by atoms with van der Waals surface area (Å²) in [6.07, 6.45) is 3.52. The second kappa shape index (κ2) is 9.30. The number of fused-ring (bicyclic) bond motifs is 1. The number of carbonyl (C=O) groups is 1. The van der Waals surface area contributed by atoms with Gasteiger partial charge in [-0.15, -0.1) is 0 Å². The van der Waals surface area contributed by atoms with Gasteiger partial charge in [0.2, 0.25) is 0 Å². The minimum atomic E-state index is -0.729. The van der Waals surface area contributed by atoms with Gasteiger partial charge in [-0.05, 0) is 44.5 Å². The molecule has 1 aliphatic rings. The van der Waals surface area contributed by atoms with Gasteiger partial charge in [-0.1, -0.05) is 17.4 Å². The topological polar surface area (TPSA) is 96.9 Å². The molecular formula is C24H26N4O5S. The zero-order valence-electron chi connectivity index (χ0n) is 19.9. The van der Waals surface area contributed by atoms with Crippen molar-refractivity contribution in [3.05, 3.63) is 72.2 Å². The number of esters is 1. The summed E-state index contributed by atoms with van der Waals surface area (Å²) in [5.74, 6) is 0.524. The maximum atomic E-state index is 13.7. The van der Waals surface area contributed by atoms with Crippen LogP contribution in [0.3, 0.4) is 0 Å². The number of aromatic nitrogens is 3. The lowest BCUT2D eigenvalue weighted by Gasteiger charge is -2.25. The molecule has 1 aromatic carbocycles. The van der Waals surface area contributed by atoms with E-state index in [-0.39, 0.29) is 12.2 Å². The molecule has 34 heavy (non-hydrogen) atoms. The molecule has 1 aliphatic heterocycles. The van der Waals surface area contributed by atoms with Crippen LogP contribution in [0.25, 0.3) is 6.08 Å². The van der Waals surface area contributed by atoms with Crippen molar-refractivity contribution < 1.29 is 19.0 Å². The molecule has 10 heteroatoms. The van der Waals surface area contributed by atoms with E-state index in [1.165, 1.54) is 18.4 Å². The number of hydrogen-bond donors (Lipinski definition) is 0. The van der Waals surface area contributed by atoms with E-state index >= 15 is 0 Å². The Kier molecular flexibility index (Phi) is 6.43. The molecule has 0 fully saturated rings. The molecule has 2 aromatic heterocycles. The highest BCUT2D eigenvalue weighted by Crippen LogP contribution is 2.36. The number of methoxy groups -OCH3 is 2. The first kappa shape index (κ1) is 23.5. The summed E-state index contributed by atoms with van der Waals surface area (Å²) in [5, 5.41) is 4.25. The molecule has 0 aliphatic carbocycles. The molecule has 3 aromatic rings. The fourth-order valence-corrected chi connectivity index (χ4v) is 4.97. The minimum Gasteiger partial charge on any atom is -0.493 e. The number of aryl methyl sites for hydroxylation is 1. The van der Waals surface area contributed by atoms with Crippen LogP contribution < -0.4 is 24.4 Å². The van der Waals surface area contributed by atoms with Gasteiger partial charge in [0.1, 0.15) is 0 Å². The third-order valence-electron chi connectivity index (χ3n) is 5.80. The largest absolute Gasteiger partial charge is 0.493 e. The first-order chi connectivity index (χ1) is 16.3. The second-order valence-electron chi connectivity index (χ2n) is 7.73. The second-order valence-corrected chi connectivity index (χ2v) is 8.73. The average molecular weight is 483 g/mol. The molecule has 0 bridgehead atoms. The maximum Gasteiger partial charge on any atom is 0.338 e. The Labute approximate surface area is 200 Å². The first-order valence-corrected chi connectivity index (χ1v) is 11.5. The Bertz CT molecular complexity index is 1480. The van der Waals surface area contributed by atoms with E-state index in [0.717, 1.165) is 11.3 Å². The van der Waals surface area contributed by atoms with Crippen molar-refractivity contribution in [2.24, 2.45) is 12.0 Å². The van der Waals surface area contributed by atoms with Gasteiger partial charge in [-0.3, -0.25) is 14.0 Å². The van der Waals surface area contributed by atoms with Gasteiger partial charge < -0.3 is 14.2 Å². The van der Waals surface area contributed by atoms with Crippen LogP contribution in [0, 0.1) is 6.92 Å². The van der Waals surface area contributed by atoms with E-state index in [1.54, 1.807) is 54.6 Å². The fourth-order valence-electron chi connectivity index (χ4n) is 3.93. The number of benzene rings is 1. The predicted molar refractivity (Wildman–Crippen MR) is 128 cm³/mol. The molecule has 1 atom stereocenters. The van der Waals surface area contributed by atoms with E-state index in [9.17, 15) is 9.59 Å². The molecule has 9 nitrogen and oxygen atoms in total. The summed E-state index contributed by atoms with van der Waals surface area (Å²) < 4.78 is 20.0. The highest BCUT2D eigenvalue weighted by atomic mass is 32.1. The molecule has 0 saturated heterocycles. The molecule has 0 radical (unpaired) electrons. The van der Waals surface area contributed by atoms with Gasteiger partial charge in [0.25, 0.3) is 5.56 Å². The molecule has 0 saturated carbocycles. The number of rotatable bonds is 6. The highest BCUT2D eigenvalue weighted by Gasteiger charge is 2.34. The molecular weight excluding hydrogens is 456 g/mol. The summed E-state index contributed by atoms with van der Waals surface area (Å²) in [7, 11) is 4.94. The smallest absolute Gasteiger partial charge is 0.338 e. The molecule has 178 valence electrons. The first-order valence-electron chi connectivity index (χ1n) is 10.7. The van der Waals surface area contributed by atoms with E-state index in [1.807, 2.05) is 20.0 Å². The summed E-state index contributed by atoms with van der Waals surface area (Å²) in [5.41, 5.74) is 3.03. The van der Waals surface area contributed by atoms with Crippen molar-refractivity contribution in [1.29, 1.82) is 0 Å². The quantitative estimate of drug-likeness (QED) is 0.498. The van der Waals surface area contributed by atoms with Gasteiger partial charge in [-0.2, -0.15) is 5.10 Å². The van der Waals surface area contributed by atoms with E-state index in [4.69, 9.17) is 14.2 Å². The zero-order valence-corrected chi connectivity index (χ0v) is 20.7. The lowest BCUT2D eigenvalue weighted by molar-refractivity contribution is -0.139. The summed E-state index contributed by atoms with van der Waals surface area (Å²) in [6, 6.07) is 4.60. The molecule has 4 rings (SSSR count). The fraction of sp³-hybridized carbons (Fsp3) is 0.333. The van der Waals surface area contributed by atoms with E-state index < -0.39 is 12.0 Å². The third kappa shape index (κ3) is 3.94. The van der Waals surface area contributed by atoms with Crippen LogP contribution in [0.15, 0.2) is 45.5 Å². The van der Waals surface area contributed by atoms with Crippen molar-refractivity contribution in [1.82, 2.24) is 14.3 Å². The van der Waals surface area contributed by atoms with Gasteiger partial charge in [0.05, 0.1) is 48.9 Å². The van der Waals surface area contributed by atoms with Crippen LogP contribution in [0.4, 0.5) is 0 Å².